The van der Waals surface area contributed by atoms with Gasteiger partial charge in [0.15, 0.2) is 0 Å². The molecule has 0 aromatic heterocycles. The van der Waals surface area contributed by atoms with Crippen molar-refractivity contribution in [2.75, 3.05) is 6.61 Å². The van der Waals surface area contributed by atoms with Gasteiger partial charge in [-0.05, 0) is 5.92 Å². The van der Waals surface area contributed by atoms with E-state index in [4.69, 9.17) is 5.11 Å². The maximum atomic E-state index is 10.6. The molecule has 2 heteroatoms. The highest BCUT2D eigenvalue weighted by Crippen LogP contribution is 2.94. The van der Waals surface area contributed by atoms with Crippen LogP contribution in [0.25, 0.3) is 0 Å². The molecule has 1 N–H and O–H groups in total. The fraction of sp³-hybridized carbons (Fsp3) is 0.833. The molecule has 4 fully saturated rings. The largest absolute Gasteiger partial charge is 0.396 e. The van der Waals surface area contributed by atoms with Crippen LogP contribution in [-0.4, -0.2) is 17.5 Å². The fourth-order valence-electron chi connectivity index (χ4n) is 2.41. The predicted octanol–water partition coefficient (Wildman–Crippen LogP) is -0.576. The van der Waals surface area contributed by atoms with Crippen LogP contribution in [0.5, 0.6) is 0 Å². The maximum absolute atomic E-state index is 10.6. The highest BCUT2D eigenvalue weighted by molar-refractivity contribution is 6.08. The van der Waals surface area contributed by atoms with Crippen molar-refractivity contribution in [1.29, 1.82) is 0 Å². The van der Waals surface area contributed by atoms with Gasteiger partial charge in [-0.15, -0.1) is 0 Å². The van der Waals surface area contributed by atoms with E-state index in [9.17, 15) is 4.79 Å². The van der Waals surface area contributed by atoms with Crippen LogP contribution < -0.4 is 0 Å². The van der Waals surface area contributed by atoms with E-state index < -0.39 is 0 Å². The zero-order valence-corrected chi connectivity index (χ0v) is 4.29. The van der Waals surface area contributed by atoms with Crippen LogP contribution in [0, 0.1) is 23.2 Å². The minimum Gasteiger partial charge on any atom is -0.396 e. The second kappa shape index (κ2) is 0.605. The van der Waals surface area contributed by atoms with Gasteiger partial charge in [0.25, 0.3) is 0 Å². The Labute approximate surface area is 46.5 Å². The summed E-state index contributed by atoms with van der Waals surface area (Å²) < 4.78 is 0. The summed E-state index contributed by atoms with van der Waals surface area (Å²) in [5, 5.41) is 8.67. The number of rotatable bonds is 1. The molecule has 2 atom stereocenters. The van der Waals surface area contributed by atoms with Crippen LogP contribution in [-0.2, 0) is 4.79 Å². The van der Waals surface area contributed by atoms with Crippen LogP contribution in [0.4, 0.5) is 0 Å². The summed E-state index contributed by atoms with van der Waals surface area (Å²) in [6, 6.07) is 0. The number of aliphatic hydroxyl groups excluding tert-OH is 1. The third-order valence-corrected chi connectivity index (χ3v) is 3.17. The van der Waals surface area contributed by atoms with Gasteiger partial charge in [0.1, 0.15) is 5.78 Å². The van der Waals surface area contributed by atoms with Gasteiger partial charge in [-0.3, -0.25) is 4.79 Å². The normalized spacial score (nSPS) is 71.1. The minimum atomic E-state index is 0.192. The first-order valence-corrected chi connectivity index (χ1v) is 2.98. The van der Waals surface area contributed by atoms with Crippen molar-refractivity contribution in [3.05, 3.63) is 0 Å². The molecule has 0 aromatic carbocycles. The number of ketones is 1. The predicted molar refractivity (Wildman–Crippen MR) is 25.0 cm³/mol. The molecule has 0 spiro atoms. The van der Waals surface area contributed by atoms with E-state index in [1.807, 2.05) is 0 Å². The SMILES string of the molecule is O=C1C2C3C1C23CO. The smallest absolute Gasteiger partial charge is 0.141 e. The van der Waals surface area contributed by atoms with E-state index in [1.54, 1.807) is 0 Å². The average Bonchev–Trinajstić information content (AvgIpc) is 2.45. The topological polar surface area (TPSA) is 37.3 Å². The number of carbonyl (C=O) groups is 1. The molecule has 42 valence electrons. The van der Waals surface area contributed by atoms with Gasteiger partial charge in [-0.1, -0.05) is 0 Å². The van der Waals surface area contributed by atoms with Crippen molar-refractivity contribution < 1.29 is 9.90 Å². The van der Waals surface area contributed by atoms with Crippen molar-refractivity contribution in [3.63, 3.8) is 0 Å². The second-order valence-corrected chi connectivity index (χ2v) is 3.15. The molecule has 4 aliphatic rings. The Morgan fingerprint density at radius 1 is 1.62 bits per heavy atom. The Hall–Kier alpha value is -0.370. The Kier molecular flexibility index (Phi) is 0.274. The summed E-state index contributed by atoms with van der Waals surface area (Å²) in [6.45, 7) is 0.263. The van der Waals surface area contributed by atoms with Crippen LogP contribution in [0.2, 0.25) is 0 Å². The molecule has 0 saturated heterocycles. The second-order valence-electron chi connectivity index (χ2n) is 3.15. The third-order valence-electron chi connectivity index (χ3n) is 3.17. The Morgan fingerprint density at radius 3 is 2.38 bits per heavy atom. The van der Waals surface area contributed by atoms with Crippen molar-refractivity contribution in [2.45, 2.75) is 0 Å². The summed E-state index contributed by atoms with van der Waals surface area (Å²) in [7, 11) is 0. The molecule has 8 heavy (non-hydrogen) atoms. The highest BCUT2D eigenvalue weighted by atomic mass is 16.3. The summed E-state index contributed by atoms with van der Waals surface area (Å²) in [6.07, 6.45) is 0. The summed E-state index contributed by atoms with van der Waals surface area (Å²) in [4.78, 5) is 10.6. The summed E-state index contributed by atoms with van der Waals surface area (Å²) in [5.41, 5.74) is 0.192. The summed E-state index contributed by atoms with van der Waals surface area (Å²) in [5.74, 6) is 1.74. The Morgan fingerprint density at radius 2 is 2.25 bits per heavy atom. The van der Waals surface area contributed by atoms with Crippen molar-refractivity contribution in [2.24, 2.45) is 23.2 Å². The number of Topliss-reactive ketones (excluding diaryl/α,β-unsaturated/α-hetero) is 1. The van der Waals surface area contributed by atoms with Gasteiger partial charge < -0.3 is 5.11 Å². The molecule has 2 bridgehead atoms. The van der Waals surface area contributed by atoms with Crippen LogP contribution in [0.15, 0.2) is 0 Å². The van der Waals surface area contributed by atoms with Crippen LogP contribution in [0.1, 0.15) is 0 Å². The molecular formula is C6H6O2. The van der Waals surface area contributed by atoms with Crippen LogP contribution in [0.3, 0.4) is 0 Å². The zero-order valence-electron chi connectivity index (χ0n) is 4.29. The number of hydrogen-bond donors (Lipinski definition) is 1. The lowest BCUT2D eigenvalue weighted by Gasteiger charge is -2.27. The maximum Gasteiger partial charge on any atom is 0.141 e. The van der Waals surface area contributed by atoms with Gasteiger partial charge in [0, 0.05) is 17.3 Å². The van der Waals surface area contributed by atoms with E-state index >= 15 is 0 Å². The van der Waals surface area contributed by atoms with Crippen molar-refractivity contribution in [1.82, 2.24) is 0 Å². The van der Waals surface area contributed by atoms with Gasteiger partial charge >= 0.3 is 0 Å². The molecule has 4 saturated carbocycles. The van der Waals surface area contributed by atoms with Crippen molar-refractivity contribution >= 4 is 5.78 Å². The molecule has 2 nitrogen and oxygen atoms in total. The molecule has 2 unspecified atom stereocenters. The lowest BCUT2D eigenvalue weighted by Crippen LogP contribution is -2.39. The molecule has 4 aliphatic carbocycles. The van der Waals surface area contributed by atoms with E-state index in [0.29, 0.717) is 23.5 Å². The van der Waals surface area contributed by atoms with Crippen LogP contribution >= 0.6 is 0 Å². The third kappa shape index (κ3) is 0.113. The number of carbonyl (C=O) groups excluding carboxylic acids is 1. The molecule has 0 aliphatic heterocycles. The monoisotopic (exact) mass is 110 g/mol. The lowest BCUT2D eigenvalue weighted by molar-refractivity contribution is -0.137. The lowest BCUT2D eigenvalue weighted by atomic mass is 9.75. The van der Waals surface area contributed by atoms with E-state index in [0.717, 1.165) is 0 Å². The van der Waals surface area contributed by atoms with Gasteiger partial charge in [-0.2, -0.15) is 0 Å². The van der Waals surface area contributed by atoms with E-state index in [1.165, 1.54) is 0 Å². The fourth-order valence-corrected chi connectivity index (χ4v) is 2.41. The average molecular weight is 110 g/mol. The molecule has 0 radical (unpaired) electrons. The number of aliphatic hydroxyl groups is 1. The van der Waals surface area contributed by atoms with Gasteiger partial charge in [-0.25, -0.2) is 0 Å². The van der Waals surface area contributed by atoms with E-state index in [2.05, 4.69) is 0 Å². The number of hydrogen-bond acceptors (Lipinski definition) is 2. The highest BCUT2D eigenvalue weighted by Gasteiger charge is 3.00. The Bertz CT molecular complexity index is 183. The molecule has 0 amide bonds. The van der Waals surface area contributed by atoms with Crippen molar-refractivity contribution in [3.8, 4) is 0 Å². The molecule has 4 rings (SSSR count). The first kappa shape index (κ1) is 3.62. The molecular weight excluding hydrogens is 104 g/mol. The molecule has 0 aromatic rings. The Balaban J connectivity index is 2.01. The standard InChI is InChI=1S/C6H6O2/c7-1-6-2-3(6)5(8)4(2)6/h2-4,7H,1H2. The first-order valence-electron chi connectivity index (χ1n) is 2.98. The quantitative estimate of drug-likeness (QED) is 0.490. The van der Waals surface area contributed by atoms with E-state index in [-0.39, 0.29) is 12.0 Å². The van der Waals surface area contributed by atoms with Gasteiger partial charge in [0.2, 0.25) is 0 Å². The summed E-state index contributed by atoms with van der Waals surface area (Å²) >= 11 is 0. The molecule has 0 heterocycles. The minimum absolute atomic E-state index is 0.192. The first-order chi connectivity index (χ1) is 3.84. The van der Waals surface area contributed by atoms with Gasteiger partial charge in [0.05, 0.1) is 6.61 Å². The zero-order chi connectivity index (χ0) is 5.52.